The number of nitrogens with one attached hydrogen (secondary N) is 2. The normalized spacial score (nSPS) is 11.9. The molecule has 1 amide bonds. The molecule has 2 aromatic heterocycles. The molecule has 27 heavy (non-hydrogen) atoms. The number of hydrogen-bond donors (Lipinski definition) is 2. The van der Waals surface area contributed by atoms with Crippen LogP contribution in [0.2, 0.25) is 0 Å². The van der Waals surface area contributed by atoms with Crippen LogP contribution >= 0.6 is 0 Å². The second-order valence-electron chi connectivity index (χ2n) is 6.10. The standard InChI is InChI=1S/C20H18N6O/c1-14-12-17(26-20(23-14)21-13-22-26)25-18(15-8-4-2-5-9-15)19(27)24-16-10-6-3-7-11-16/h2-13,18,25H,1H3,(H,24,27)/t18-/m0/s1. The van der Waals surface area contributed by atoms with Crippen molar-refractivity contribution in [1.29, 1.82) is 0 Å². The van der Waals surface area contributed by atoms with Crippen molar-refractivity contribution in [3.63, 3.8) is 0 Å². The summed E-state index contributed by atoms with van der Waals surface area (Å²) in [7, 11) is 0. The quantitative estimate of drug-likeness (QED) is 0.572. The monoisotopic (exact) mass is 358 g/mol. The van der Waals surface area contributed by atoms with Gasteiger partial charge in [-0.3, -0.25) is 4.79 Å². The zero-order valence-electron chi connectivity index (χ0n) is 14.7. The molecular formula is C20H18N6O. The van der Waals surface area contributed by atoms with Crippen molar-refractivity contribution in [2.24, 2.45) is 0 Å². The molecule has 0 spiro atoms. The lowest BCUT2D eigenvalue weighted by molar-refractivity contribution is -0.117. The first-order valence-corrected chi connectivity index (χ1v) is 8.55. The predicted octanol–water partition coefficient (Wildman–Crippen LogP) is 3.22. The summed E-state index contributed by atoms with van der Waals surface area (Å²) in [6, 6.07) is 20.2. The minimum atomic E-state index is -0.611. The number of carbonyl (C=O) groups is 1. The number of para-hydroxylation sites is 1. The number of carbonyl (C=O) groups excluding carboxylic acids is 1. The van der Waals surface area contributed by atoms with E-state index in [1.807, 2.05) is 73.7 Å². The van der Waals surface area contributed by atoms with Gasteiger partial charge in [-0.25, -0.2) is 4.98 Å². The SMILES string of the molecule is Cc1cc(N[C@H](C(=O)Nc2ccccc2)c2ccccc2)n2ncnc2n1. The van der Waals surface area contributed by atoms with Gasteiger partial charge in [-0.1, -0.05) is 48.5 Å². The van der Waals surface area contributed by atoms with Crippen LogP contribution < -0.4 is 10.6 Å². The lowest BCUT2D eigenvalue weighted by Gasteiger charge is -2.20. The second-order valence-corrected chi connectivity index (χ2v) is 6.10. The molecule has 2 aromatic carbocycles. The van der Waals surface area contributed by atoms with Gasteiger partial charge in [0.1, 0.15) is 18.2 Å². The number of nitrogens with zero attached hydrogens (tertiary/aromatic N) is 4. The molecule has 7 nitrogen and oxygen atoms in total. The molecule has 4 rings (SSSR count). The maximum absolute atomic E-state index is 13.0. The van der Waals surface area contributed by atoms with E-state index in [1.165, 1.54) is 6.33 Å². The molecule has 0 aliphatic heterocycles. The van der Waals surface area contributed by atoms with Crippen LogP contribution in [-0.2, 0) is 4.79 Å². The fourth-order valence-electron chi connectivity index (χ4n) is 2.86. The summed E-state index contributed by atoms with van der Waals surface area (Å²) in [5.74, 6) is 0.954. The van der Waals surface area contributed by atoms with Crippen molar-refractivity contribution in [3.8, 4) is 0 Å². The molecule has 2 heterocycles. The Morgan fingerprint density at radius 3 is 2.48 bits per heavy atom. The highest BCUT2D eigenvalue weighted by atomic mass is 16.2. The Hall–Kier alpha value is -3.74. The molecule has 0 radical (unpaired) electrons. The van der Waals surface area contributed by atoms with Gasteiger partial charge in [-0.15, -0.1) is 0 Å². The maximum Gasteiger partial charge on any atom is 0.254 e. The molecular weight excluding hydrogens is 340 g/mol. The molecule has 134 valence electrons. The zero-order valence-corrected chi connectivity index (χ0v) is 14.7. The Morgan fingerprint density at radius 2 is 1.74 bits per heavy atom. The summed E-state index contributed by atoms with van der Waals surface area (Å²) < 4.78 is 1.58. The van der Waals surface area contributed by atoms with E-state index in [1.54, 1.807) is 4.52 Å². The maximum atomic E-state index is 13.0. The fraction of sp³-hybridized carbons (Fsp3) is 0.100. The lowest BCUT2D eigenvalue weighted by atomic mass is 10.1. The molecule has 0 fully saturated rings. The molecule has 1 atom stereocenters. The molecule has 2 N–H and O–H groups in total. The molecule has 0 unspecified atom stereocenters. The highest BCUT2D eigenvalue weighted by molar-refractivity contribution is 5.97. The minimum absolute atomic E-state index is 0.171. The molecule has 7 heteroatoms. The number of rotatable bonds is 5. The van der Waals surface area contributed by atoms with E-state index >= 15 is 0 Å². The number of aryl methyl sites for hydroxylation is 1. The molecule has 0 aliphatic carbocycles. The van der Waals surface area contributed by atoms with Gasteiger partial charge in [0, 0.05) is 17.4 Å². The third kappa shape index (κ3) is 3.62. The smallest absolute Gasteiger partial charge is 0.254 e. The number of benzene rings is 2. The van der Waals surface area contributed by atoms with Gasteiger partial charge in [0.25, 0.3) is 11.7 Å². The summed E-state index contributed by atoms with van der Waals surface area (Å²) in [6.07, 6.45) is 1.44. The first-order chi connectivity index (χ1) is 13.2. The van der Waals surface area contributed by atoms with Crippen LogP contribution in [0.3, 0.4) is 0 Å². The Morgan fingerprint density at radius 1 is 1.04 bits per heavy atom. The fourth-order valence-corrected chi connectivity index (χ4v) is 2.86. The van der Waals surface area contributed by atoms with Crippen molar-refractivity contribution >= 4 is 23.2 Å². The average Bonchev–Trinajstić information content (AvgIpc) is 3.16. The van der Waals surface area contributed by atoms with E-state index in [0.717, 1.165) is 16.9 Å². The van der Waals surface area contributed by atoms with E-state index in [2.05, 4.69) is 25.7 Å². The zero-order chi connectivity index (χ0) is 18.6. The van der Waals surface area contributed by atoms with Gasteiger partial charge in [-0.05, 0) is 24.6 Å². The molecule has 0 saturated heterocycles. The highest BCUT2D eigenvalue weighted by Gasteiger charge is 2.22. The minimum Gasteiger partial charge on any atom is -0.355 e. The molecule has 0 aliphatic rings. The van der Waals surface area contributed by atoms with Gasteiger partial charge in [0.2, 0.25) is 0 Å². The lowest BCUT2D eigenvalue weighted by Crippen LogP contribution is -2.28. The first-order valence-electron chi connectivity index (χ1n) is 8.55. The number of anilines is 2. The largest absolute Gasteiger partial charge is 0.355 e. The van der Waals surface area contributed by atoms with Crippen molar-refractivity contribution < 1.29 is 4.79 Å². The molecule has 4 aromatic rings. The molecule has 0 saturated carbocycles. The van der Waals surface area contributed by atoms with Crippen LogP contribution in [-0.4, -0.2) is 25.5 Å². The number of amides is 1. The summed E-state index contributed by atoms with van der Waals surface area (Å²) in [5.41, 5.74) is 2.36. The molecule has 0 bridgehead atoms. The van der Waals surface area contributed by atoms with Crippen molar-refractivity contribution in [3.05, 3.63) is 84.3 Å². The van der Waals surface area contributed by atoms with E-state index < -0.39 is 6.04 Å². The second kappa shape index (κ2) is 7.25. The van der Waals surface area contributed by atoms with E-state index in [4.69, 9.17) is 0 Å². The first kappa shape index (κ1) is 16.7. The van der Waals surface area contributed by atoms with Crippen LogP contribution in [0.25, 0.3) is 5.78 Å². The van der Waals surface area contributed by atoms with E-state index in [0.29, 0.717) is 11.6 Å². The Kier molecular flexibility index (Phi) is 4.49. The number of hydrogen-bond acceptors (Lipinski definition) is 5. The number of fused-ring (bicyclic) bond motifs is 1. The average molecular weight is 358 g/mol. The van der Waals surface area contributed by atoms with Gasteiger partial charge < -0.3 is 10.6 Å². The van der Waals surface area contributed by atoms with Gasteiger partial charge >= 0.3 is 0 Å². The van der Waals surface area contributed by atoms with E-state index in [9.17, 15) is 4.79 Å². The predicted molar refractivity (Wildman–Crippen MR) is 103 cm³/mol. The third-order valence-corrected chi connectivity index (χ3v) is 4.11. The third-order valence-electron chi connectivity index (χ3n) is 4.11. The van der Waals surface area contributed by atoms with Crippen molar-refractivity contribution in [1.82, 2.24) is 19.6 Å². The van der Waals surface area contributed by atoms with E-state index in [-0.39, 0.29) is 5.91 Å². The Balaban J connectivity index is 1.70. The van der Waals surface area contributed by atoms with Gasteiger partial charge in [0.05, 0.1) is 0 Å². The summed E-state index contributed by atoms with van der Waals surface area (Å²) >= 11 is 0. The van der Waals surface area contributed by atoms with Crippen LogP contribution in [0.4, 0.5) is 11.5 Å². The topological polar surface area (TPSA) is 84.2 Å². The summed E-state index contributed by atoms with van der Waals surface area (Å²) in [6.45, 7) is 1.88. The summed E-state index contributed by atoms with van der Waals surface area (Å²) in [4.78, 5) is 21.5. The van der Waals surface area contributed by atoms with Crippen LogP contribution in [0.15, 0.2) is 73.1 Å². The number of aromatic nitrogens is 4. The van der Waals surface area contributed by atoms with Gasteiger partial charge in [0.15, 0.2) is 0 Å². The van der Waals surface area contributed by atoms with Crippen molar-refractivity contribution in [2.45, 2.75) is 13.0 Å². The van der Waals surface area contributed by atoms with Crippen LogP contribution in [0.5, 0.6) is 0 Å². The van der Waals surface area contributed by atoms with Crippen LogP contribution in [0.1, 0.15) is 17.3 Å². The van der Waals surface area contributed by atoms with Gasteiger partial charge in [-0.2, -0.15) is 14.6 Å². The Bertz CT molecular complexity index is 1060. The Labute approximate surface area is 156 Å². The van der Waals surface area contributed by atoms with Crippen molar-refractivity contribution in [2.75, 3.05) is 10.6 Å². The highest BCUT2D eigenvalue weighted by Crippen LogP contribution is 2.22. The summed E-state index contributed by atoms with van der Waals surface area (Å²) in [5, 5.41) is 10.4. The van der Waals surface area contributed by atoms with Crippen LogP contribution in [0, 0.1) is 6.92 Å².